The van der Waals surface area contributed by atoms with E-state index >= 15 is 0 Å². The van der Waals surface area contributed by atoms with Gasteiger partial charge in [0.1, 0.15) is 6.04 Å². The van der Waals surface area contributed by atoms with E-state index in [4.69, 9.17) is 0 Å². The SMILES string of the molecule is CCC(c1ccc(-c2cn([C@@H](CNC(C)(C)C)C(F)(F)F)cn2)cc1)C(C)C. The fourth-order valence-corrected chi connectivity index (χ4v) is 3.44. The minimum absolute atomic E-state index is 0.200. The van der Waals surface area contributed by atoms with Crippen molar-refractivity contribution >= 4 is 0 Å². The highest BCUT2D eigenvalue weighted by molar-refractivity contribution is 5.58. The van der Waals surface area contributed by atoms with Crippen LogP contribution in [0.1, 0.15) is 65.5 Å². The fraction of sp³-hybridized carbons (Fsp3) is 0.591. The molecule has 1 unspecified atom stereocenters. The van der Waals surface area contributed by atoms with Gasteiger partial charge < -0.3 is 9.88 Å². The standard InChI is InChI=1S/C22H32F3N3/c1-7-18(15(2)3)16-8-10-17(11-9-16)19-13-28(14-26-19)20(22(23,24)25)12-27-21(4,5)6/h8-11,13-15,18,20,27H,7,12H2,1-6H3/t18?,20-/m0/s1. The smallest absolute Gasteiger partial charge is 0.323 e. The summed E-state index contributed by atoms with van der Waals surface area (Å²) in [5, 5.41) is 2.94. The molecule has 2 aromatic rings. The molecule has 1 aromatic heterocycles. The van der Waals surface area contributed by atoms with Crippen molar-refractivity contribution in [3.05, 3.63) is 42.4 Å². The molecular formula is C22H32F3N3. The number of imidazole rings is 1. The van der Waals surface area contributed by atoms with E-state index in [1.165, 1.54) is 18.1 Å². The normalized spacial score (nSPS) is 15.1. The second-order valence-corrected chi connectivity index (χ2v) is 8.78. The fourth-order valence-electron chi connectivity index (χ4n) is 3.44. The van der Waals surface area contributed by atoms with Gasteiger partial charge >= 0.3 is 6.18 Å². The quantitative estimate of drug-likeness (QED) is 0.606. The zero-order chi connectivity index (χ0) is 21.1. The Kier molecular flexibility index (Phi) is 6.97. The summed E-state index contributed by atoms with van der Waals surface area (Å²) >= 11 is 0. The van der Waals surface area contributed by atoms with Crippen LogP contribution >= 0.6 is 0 Å². The third kappa shape index (κ3) is 5.84. The van der Waals surface area contributed by atoms with Crippen LogP contribution in [0.5, 0.6) is 0 Å². The molecule has 0 saturated carbocycles. The molecule has 0 aliphatic rings. The van der Waals surface area contributed by atoms with Crippen molar-refractivity contribution in [3.63, 3.8) is 0 Å². The first-order valence-electron chi connectivity index (χ1n) is 9.88. The predicted octanol–water partition coefficient (Wildman–Crippen LogP) is 6.19. The molecule has 1 aromatic carbocycles. The Bertz CT molecular complexity index is 740. The molecule has 2 atom stereocenters. The molecule has 0 aliphatic carbocycles. The van der Waals surface area contributed by atoms with E-state index in [1.807, 2.05) is 32.9 Å². The van der Waals surface area contributed by atoms with Gasteiger partial charge in [0.25, 0.3) is 0 Å². The number of halogens is 3. The molecule has 0 saturated heterocycles. The molecule has 1 heterocycles. The number of hydrogen-bond donors (Lipinski definition) is 1. The Morgan fingerprint density at radius 1 is 1.07 bits per heavy atom. The molecule has 0 fully saturated rings. The molecule has 3 nitrogen and oxygen atoms in total. The lowest BCUT2D eigenvalue weighted by atomic mass is 9.86. The molecule has 156 valence electrons. The Morgan fingerprint density at radius 3 is 2.14 bits per heavy atom. The van der Waals surface area contributed by atoms with E-state index in [9.17, 15) is 13.2 Å². The molecule has 28 heavy (non-hydrogen) atoms. The summed E-state index contributed by atoms with van der Waals surface area (Å²) in [6.07, 6.45) is -0.544. The van der Waals surface area contributed by atoms with Gasteiger partial charge in [-0.25, -0.2) is 4.98 Å². The molecular weight excluding hydrogens is 363 g/mol. The number of alkyl halides is 3. The van der Waals surface area contributed by atoms with Crippen molar-refractivity contribution in [1.29, 1.82) is 0 Å². The molecule has 6 heteroatoms. The Hall–Kier alpha value is -1.82. The van der Waals surface area contributed by atoms with Gasteiger partial charge in [0, 0.05) is 23.8 Å². The van der Waals surface area contributed by atoms with E-state index in [2.05, 4.69) is 43.2 Å². The van der Waals surface area contributed by atoms with Crippen LogP contribution in [0.4, 0.5) is 13.2 Å². The average molecular weight is 396 g/mol. The lowest BCUT2D eigenvalue weighted by Crippen LogP contribution is -2.43. The van der Waals surface area contributed by atoms with Gasteiger partial charge in [-0.3, -0.25) is 0 Å². The Balaban J connectivity index is 2.23. The molecule has 0 bridgehead atoms. The highest BCUT2D eigenvalue weighted by atomic mass is 19.4. The summed E-state index contributed by atoms with van der Waals surface area (Å²) in [6.45, 7) is 11.9. The first-order chi connectivity index (χ1) is 12.9. The maximum absolute atomic E-state index is 13.6. The summed E-state index contributed by atoms with van der Waals surface area (Å²) in [5.41, 5.74) is 2.23. The number of hydrogen-bond acceptors (Lipinski definition) is 2. The maximum Gasteiger partial charge on any atom is 0.410 e. The van der Waals surface area contributed by atoms with Crippen molar-refractivity contribution < 1.29 is 13.2 Å². The summed E-state index contributed by atoms with van der Waals surface area (Å²) < 4.78 is 41.8. The van der Waals surface area contributed by atoms with E-state index in [1.54, 1.807) is 0 Å². The topological polar surface area (TPSA) is 29.9 Å². The van der Waals surface area contributed by atoms with Crippen molar-refractivity contribution in [2.24, 2.45) is 5.92 Å². The Labute approximate surface area is 166 Å². The van der Waals surface area contributed by atoms with Crippen molar-refractivity contribution in [1.82, 2.24) is 14.9 Å². The number of nitrogens with zero attached hydrogens (tertiary/aromatic N) is 2. The van der Waals surface area contributed by atoms with Crippen LogP contribution in [0.2, 0.25) is 0 Å². The highest BCUT2D eigenvalue weighted by Crippen LogP contribution is 2.33. The molecule has 0 radical (unpaired) electrons. The van der Waals surface area contributed by atoms with E-state index < -0.39 is 17.8 Å². The van der Waals surface area contributed by atoms with E-state index in [0.717, 1.165) is 16.6 Å². The second-order valence-electron chi connectivity index (χ2n) is 8.78. The van der Waals surface area contributed by atoms with Crippen molar-refractivity contribution in [2.45, 2.75) is 71.6 Å². The van der Waals surface area contributed by atoms with Crippen LogP contribution in [0.3, 0.4) is 0 Å². The summed E-state index contributed by atoms with van der Waals surface area (Å²) in [6, 6.07) is 6.36. The van der Waals surface area contributed by atoms with Crippen molar-refractivity contribution in [3.8, 4) is 11.3 Å². The lowest BCUT2D eigenvalue weighted by Gasteiger charge is -2.27. The van der Waals surface area contributed by atoms with Gasteiger partial charge in [-0.15, -0.1) is 0 Å². The van der Waals surface area contributed by atoms with Crippen LogP contribution in [0.25, 0.3) is 11.3 Å². The second kappa shape index (κ2) is 8.68. The Morgan fingerprint density at radius 2 is 1.68 bits per heavy atom. The largest absolute Gasteiger partial charge is 0.410 e. The third-order valence-electron chi connectivity index (χ3n) is 5.04. The summed E-state index contributed by atoms with van der Waals surface area (Å²) in [5.74, 6) is 1.02. The van der Waals surface area contributed by atoms with Crippen LogP contribution in [-0.2, 0) is 0 Å². The number of benzene rings is 1. The molecule has 0 aliphatic heterocycles. The monoisotopic (exact) mass is 395 g/mol. The molecule has 2 rings (SSSR count). The average Bonchev–Trinajstić information content (AvgIpc) is 3.03. The molecule has 1 N–H and O–H groups in total. The zero-order valence-electron chi connectivity index (χ0n) is 17.6. The highest BCUT2D eigenvalue weighted by Gasteiger charge is 2.41. The molecule has 0 spiro atoms. The lowest BCUT2D eigenvalue weighted by molar-refractivity contribution is -0.167. The van der Waals surface area contributed by atoms with Gasteiger partial charge in [-0.1, -0.05) is 45.0 Å². The minimum Gasteiger partial charge on any atom is -0.323 e. The first-order valence-corrected chi connectivity index (χ1v) is 9.88. The van der Waals surface area contributed by atoms with Gasteiger partial charge in [0.2, 0.25) is 0 Å². The number of rotatable bonds is 7. The minimum atomic E-state index is -4.36. The van der Waals surface area contributed by atoms with E-state index in [-0.39, 0.29) is 6.54 Å². The van der Waals surface area contributed by atoms with Gasteiger partial charge in [-0.2, -0.15) is 13.2 Å². The van der Waals surface area contributed by atoms with Gasteiger partial charge in [0.15, 0.2) is 0 Å². The zero-order valence-corrected chi connectivity index (χ0v) is 17.6. The summed E-state index contributed by atoms with van der Waals surface area (Å²) in [4.78, 5) is 4.23. The third-order valence-corrected chi connectivity index (χ3v) is 5.04. The van der Waals surface area contributed by atoms with Crippen LogP contribution in [0.15, 0.2) is 36.8 Å². The summed E-state index contributed by atoms with van der Waals surface area (Å²) in [7, 11) is 0. The van der Waals surface area contributed by atoms with Crippen LogP contribution < -0.4 is 5.32 Å². The van der Waals surface area contributed by atoms with Gasteiger partial charge in [-0.05, 0) is 44.6 Å². The number of nitrogens with one attached hydrogen (secondary N) is 1. The van der Waals surface area contributed by atoms with Gasteiger partial charge in [0.05, 0.1) is 12.0 Å². The van der Waals surface area contributed by atoms with Crippen molar-refractivity contribution in [2.75, 3.05) is 6.54 Å². The van der Waals surface area contributed by atoms with Crippen LogP contribution in [-0.4, -0.2) is 27.8 Å². The molecule has 0 amide bonds. The van der Waals surface area contributed by atoms with Crippen LogP contribution in [0, 0.1) is 5.92 Å². The first kappa shape index (κ1) is 22.5. The predicted molar refractivity (Wildman–Crippen MR) is 108 cm³/mol. The van der Waals surface area contributed by atoms with E-state index in [0.29, 0.717) is 17.5 Å². The maximum atomic E-state index is 13.6. The number of aromatic nitrogens is 2.